The summed E-state index contributed by atoms with van der Waals surface area (Å²) in [6.45, 7) is 3.31. The van der Waals surface area contributed by atoms with Crippen molar-refractivity contribution in [1.29, 1.82) is 0 Å². The first-order chi connectivity index (χ1) is 12.7. The van der Waals surface area contributed by atoms with Crippen molar-refractivity contribution in [2.45, 2.75) is 32.2 Å². The fraction of sp³-hybridized carbons (Fsp3) is 0.474. The van der Waals surface area contributed by atoms with Crippen LogP contribution in [0.4, 0.5) is 0 Å². The van der Waals surface area contributed by atoms with E-state index in [0.29, 0.717) is 32.5 Å². The predicted molar refractivity (Wildman–Crippen MR) is 92.1 cm³/mol. The lowest BCUT2D eigenvalue weighted by atomic mass is 9.98. The lowest BCUT2D eigenvalue weighted by Crippen LogP contribution is -2.40. The molecule has 26 heavy (non-hydrogen) atoms. The van der Waals surface area contributed by atoms with Crippen molar-refractivity contribution in [2.24, 2.45) is 5.92 Å². The largest absolute Gasteiger partial charge is 0.454 e. The zero-order valence-electron chi connectivity index (χ0n) is 14.7. The SMILES string of the molecule is Cc1cc(CC2COCC2NC(=O)CCc2ccc3c(c2)OCO3)on1. The molecule has 2 atom stereocenters. The predicted octanol–water partition coefficient (Wildman–Crippen LogP) is 2.02. The van der Waals surface area contributed by atoms with Crippen LogP contribution in [0.2, 0.25) is 0 Å². The molecule has 1 amide bonds. The second kappa shape index (κ2) is 7.37. The van der Waals surface area contributed by atoms with Crippen molar-refractivity contribution in [2.75, 3.05) is 20.0 Å². The van der Waals surface area contributed by atoms with Gasteiger partial charge in [-0.3, -0.25) is 4.79 Å². The first-order valence-corrected chi connectivity index (χ1v) is 8.85. The normalized spacial score (nSPS) is 21.1. The minimum Gasteiger partial charge on any atom is -0.454 e. The summed E-state index contributed by atoms with van der Waals surface area (Å²) >= 11 is 0. The third-order valence-corrected chi connectivity index (χ3v) is 4.76. The van der Waals surface area contributed by atoms with Gasteiger partial charge in [0.25, 0.3) is 0 Å². The number of carbonyl (C=O) groups excluding carboxylic acids is 1. The van der Waals surface area contributed by atoms with Crippen LogP contribution in [0.1, 0.15) is 23.4 Å². The van der Waals surface area contributed by atoms with Crippen LogP contribution < -0.4 is 14.8 Å². The quantitative estimate of drug-likeness (QED) is 0.851. The molecule has 0 saturated carbocycles. The van der Waals surface area contributed by atoms with E-state index in [1.165, 1.54) is 0 Å². The maximum Gasteiger partial charge on any atom is 0.231 e. The number of amides is 1. The molecule has 0 bridgehead atoms. The van der Waals surface area contributed by atoms with E-state index in [9.17, 15) is 4.79 Å². The molecule has 4 rings (SSSR count). The van der Waals surface area contributed by atoms with Crippen molar-refractivity contribution in [3.63, 3.8) is 0 Å². The highest BCUT2D eigenvalue weighted by molar-refractivity contribution is 5.76. The van der Waals surface area contributed by atoms with E-state index in [4.69, 9.17) is 18.7 Å². The van der Waals surface area contributed by atoms with E-state index in [0.717, 1.165) is 28.5 Å². The minimum atomic E-state index is 0.00431. The lowest BCUT2D eigenvalue weighted by molar-refractivity contribution is -0.122. The molecule has 1 aromatic heterocycles. The summed E-state index contributed by atoms with van der Waals surface area (Å²) in [6.07, 6.45) is 1.79. The molecular formula is C19H22N2O5. The molecule has 1 N–H and O–H groups in total. The Morgan fingerprint density at radius 1 is 1.23 bits per heavy atom. The maximum atomic E-state index is 12.3. The van der Waals surface area contributed by atoms with Gasteiger partial charge >= 0.3 is 0 Å². The Labute approximate surface area is 151 Å². The van der Waals surface area contributed by atoms with Crippen LogP contribution in [0.3, 0.4) is 0 Å². The number of aromatic nitrogens is 1. The Morgan fingerprint density at radius 2 is 2.12 bits per heavy atom. The monoisotopic (exact) mass is 358 g/mol. The first-order valence-electron chi connectivity index (χ1n) is 8.85. The van der Waals surface area contributed by atoms with Crippen LogP contribution in [0.15, 0.2) is 28.8 Å². The molecule has 2 aromatic rings. The van der Waals surface area contributed by atoms with Gasteiger partial charge in [0.15, 0.2) is 11.5 Å². The van der Waals surface area contributed by atoms with Gasteiger partial charge in [0.05, 0.1) is 24.9 Å². The number of nitrogens with one attached hydrogen (secondary N) is 1. The van der Waals surface area contributed by atoms with Crippen LogP contribution in [0.25, 0.3) is 0 Å². The molecule has 138 valence electrons. The summed E-state index contributed by atoms with van der Waals surface area (Å²) in [4.78, 5) is 12.3. The van der Waals surface area contributed by atoms with Gasteiger partial charge in [-0.1, -0.05) is 11.2 Å². The van der Waals surface area contributed by atoms with Crippen LogP contribution in [0, 0.1) is 12.8 Å². The average molecular weight is 358 g/mol. The molecule has 3 heterocycles. The second-order valence-electron chi connectivity index (χ2n) is 6.80. The molecule has 7 heteroatoms. The van der Waals surface area contributed by atoms with Gasteiger partial charge in [-0.2, -0.15) is 0 Å². The number of nitrogens with zero attached hydrogens (tertiary/aromatic N) is 1. The molecule has 1 saturated heterocycles. The molecule has 1 fully saturated rings. The van der Waals surface area contributed by atoms with Crippen molar-refractivity contribution in [1.82, 2.24) is 10.5 Å². The summed E-state index contributed by atoms with van der Waals surface area (Å²) in [5.41, 5.74) is 1.92. The third-order valence-electron chi connectivity index (χ3n) is 4.76. The number of hydrogen-bond acceptors (Lipinski definition) is 6. The van der Waals surface area contributed by atoms with Gasteiger partial charge in [-0.05, 0) is 31.0 Å². The Kier molecular flexibility index (Phi) is 4.79. The summed E-state index contributed by atoms with van der Waals surface area (Å²) in [7, 11) is 0. The zero-order valence-corrected chi connectivity index (χ0v) is 14.7. The Bertz CT molecular complexity index is 788. The number of fused-ring (bicyclic) bond motifs is 1. The minimum absolute atomic E-state index is 0.00431. The number of ether oxygens (including phenoxy) is 3. The Hall–Kier alpha value is -2.54. The van der Waals surface area contributed by atoms with Gasteiger partial charge in [-0.15, -0.1) is 0 Å². The van der Waals surface area contributed by atoms with Crippen LogP contribution in [-0.2, 0) is 22.4 Å². The van der Waals surface area contributed by atoms with E-state index >= 15 is 0 Å². The molecular weight excluding hydrogens is 336 g/mol. The molecule has 2 unspecified atom stereocenters. The van der Waals surface area contributed by atoms with E-state index < -0.39 is 0 Å². The standard InChI is InChI=1S/C19H22N2O5/c1-12-6-15(26-21-12)8-14-9-23-10-16(14)20-19(22)5-3-13-2-4-17-18(7-13)25-11-24-17/h2,4,6-7,14,16H,3,5,8-11H2,1H3,(H,20,22). The smallest absolute Gasteiger partial charge is 0.231 e. The number of carbonyl (C=O) groups is 1. The van der Waals surface area contributed by atoms with Crippen molar-refractivity contribution in [3.05, 3.63) is 41.3 Å². The Morgan fingerprint density at radius 3 is 2.96 bits per heavy atom. The zero-order chi connectivity index (χ0) is 17.9. The van der Waals surface area contributed by atoms with E-state index in [1.54, 1.807) is 0 Å². The highest BCUT2D eigenvalue weighted by atomic mass is 16.7. The summed E-state index contributed by atoms with van der Waals surface area (Å²) in [6, 6.07) is 7.72. The topological polar surface area (TPSA) is 82.8 Å². The van der Waals surface area contributed by atoms with E-state index in [-0.39, 0.29) is 24.7 Å². The summed E-state index contributed by atoms with van der Waals surface area (Å²) in [5, 5.41) is 7.01. The molecule has 0 radical (unpaired) electrons. The number of hydrogen-bond donors (Lipinski definition) is 1. The van der Waals surface area contributed by atoms with Crippen LogP contribution in [-0.4, -0.2) is 37.1 Å². The van der Waals surface area contributed by atoms with E-state index in [2.05, 4.69) is 10.5 Å². The van der Waals surface area contributed by atoms with Crippen molar-refractivity contribution < 1.29 is 23.5 Å². The second-order valence-corrected chi connectivity index (χ2v) is 6.80. The van der Waals surface area contributed by atoms with Gasteiger partial charge in [0.2, 0.25) is 12.7 Å². The van der Waals surface area contributed by atoms with Gasteiger partial charge in [0.1, 0.15) is 5.76 Å². The fourth-order valence-electron chi connectivity index (χ4n) is 3.36. The molecule has 0 spiro atoms. The van der Waals surface area contributed by atoms with Gasteiger partial charge in [-0.25, -0.2) is 0 Å². The molecule has 0 aliphatic carbocycles. The summed E-state index contributed by atoms with van der Waals surface area (Å²) < 4.78 is 21.5. The van der Waals surface area contributed by atoms with Gasteiger partial charge in [0, 0.05) is 24.8 Å². The van der Waals surface area contributed by atoms with Crippen LogP contribution >= 0.6 is 0 Å². The first kappa shape index (κ1) is 16.9. The molecule has 2 aliphatic rings. The molecule has 7 nitrogen and oxygen atoms in total. The number of benzene rings is 1. The van der Waals surface area contributed by atoms with Crippen molar-refractivity contribution in [3.8, 4) is 11.5 Å². The number of rotatable bonds is 6. The maximum absolute atomic E-state index is 12.3. The van der Waals surface area contributed by atoms with Crippen molar-refractivity contribution >= 4 is 5.91 Å². The fourth-order valence-corrected chi connectivity index (χ4v) is 3.36. The molecule has 1 aromatic carbocycles. The summed E-state index contributed by atoms with van der Waals surface area (Å²) in [5.74, 6) is 2.56. The van der Waals surface area contributed by atoms with Crippen LogP contribution in [0.5, 0.6) is 11.5 Å². The highest BCUT2D eigenvalue weighted by Gasteiger charge is 2.30. The van der Waals surface area contributed by atoms with Gasteiger partial charge < -0.3 is 24.1 Å². The molecule has 2 aliphatic heterocycles. The lowest BCUT2D eigenvalue weighted by Gasteiger charge is -2.18. The highest BCUT2D eigenvalue weighted by Crippen LogP contribution is 2.32. The third kappa shape index (κ3) is 3.83. The number of aryl methyl sites for hydroxylation is 2. The average Bonchev–Trinajstić information content (AvgIpc) is 3.35. The van der Waals surface area contributed by atoms with E-state index in [1.807, 2.05) is 31.2 Å². The Balaban J connectivity index is 1.28.